The van der Waals surface area contributed by atoms with Crippen molar-refractivity contribution < 1.29 is 14.5 Å². The fourth-order valence-corrected chi connectivity index (χ4v) is 2.65. The highest BCUT2D eigenvalue weighted by atomic mass is 35.5. The van der Waals surface area contributed by atoms with Gasteiger partial charge in [0, 0.05) is 23.3 Å². The van der Waals surface area contributed by atoms with Gasteiger partial charge in [-0.1, -0.05) is 49.2 Å². The number of nitrogens with zero attached hydrogens (tertiary/aromatic N) is 2. The number of non-ortho nitro benzene ring substituents is 1. The highest BCUT2D eigenvalue weighted by Gasteiger charge is 2.24. The van der Waals surface area contributed by atoms with Crippen LogP contribution in [0, 0.1) is 16.0 Å². The van der Waals surface area contributed by atoms with E-state index in [1.807, 2.05) is 0 Å². The Morgan fingerprint density at radius 2 is 1.86 bits per heavy atom. The summed E-state index contributed by atoms with van der Waals surface area (Å²) in [6, 6.07) is 9.33. The summed E-state index contributed by atoms with van der Waals surface area (Å²) >= 11 is 11.8. The molecule has 10 heteroatoms. The quantitative estimate of drug-likeness (QED) is 0.390. The Morgan fingerprint density at radius 1 is 1.14 bits per heavy atom. The number of hydrogen-bond acceptors (Lipinski definition) is 5. The summed E-state index contributed by atoms with van der Waals surface area (Å²) < 4.78 is 0. The van der Waals surface area contributed by atoms with E-state index in [1.54, 1.807) is 19.9 Å². The SMILES string of the molecule is CC(C)C(NC(=O)c1ccc(Cl)c(Cl)c1)C(=O)N/N=C/c1cccc([N+](=O)[O-])c1. The van der Waals surface area contributed by atoms with Gasteiger partial charge in [-0.2, -0.15) is 5.10 Å². The molecule has 0 aliphatic carbocycles. The summed E-state index contributed by atoms with van der Waals surface area (Å²) in [6.45, 7) is 3.53. The molecule has 0 aliphatic heterocycles. The van der Waals surface area contributed by atoms with Crippen molar-refractivity contribution in [3.05, 3.63) is 73.8 Å². The molecule has 29 heavy (non-hydrogen) atoms. The fourth-order valence-electron chi connectivity index (χ4n) is 2.36. The van der Waals surface area contributed by atoms with Crippen LogP contribution in [-0.4, -0.2) is 29.0 Å². The van der Waals surface area contributed by atoms with Gasteiger partial charge >= 0.3 is 0 Å². The molecule has 0 saturated heterocycles. The van der Waals surface area contributed by atoms with Crippen LogP contribution in [0.2, 0.25) is 10.0 Å². The number of nitrogens with one attached hydrogen (secondary N) is 2. The average Bonchev–Trinajstić information content (AvgIpc) is 2.67. The Hall–Kier alpha value is -2.97. The molecule has 0 heterocycles. The molecule has 8 nitrogen and oxygen atoms in total. The van der Waals surface area contributed by atoms with Crippen molar-refractivity contribution in [2.45, 2.75) is 19.9 Å². The average molecular weight is 437 g/mol. The number of benzene rings is 2. The summed E-state index contributed by atoms with van der Waals surface area (Å²) in [6.07, 6.45) is 1.28. The first-order chi connectivity index (χ1) is 13.7. The van der Waals surface area contributed by atoms with Gasteiger partial charge in [0.15, 0.2) is 0 Å². The third-order valence-electron chi connectivity index (χ3n) is 3.89. The normalized spacial score (nSPS) is 12.0. The van der Waals surface area contributed by atoms with Crippen LogP contribution in [0.4, 0.5) is 5.69 Å². The van der Waals surface area contributed by atoms with E-state index in [1.165, 1.54) is 42.6 Å². The topological polar surface area (TPSA) is 114 Å². The molecular weight excluding hydrogens is 419 g/mol. The molecule has 2 aromatic carbocycles. The second kappa shape index (κ2) is 9.99. The minimum atomic E-state index is -0.862. The predicted molar refractivity (Wildman–Crippen MR) is 111 cm³/mol. The van der Waals surface area contributed by atoms with Gasteiger partial charge in [-0.15, -0.1) is 0 Å². The van der Waals surface area contributed by atoms with Crippen LogP contribution in [0.15, 0.2) is 47.6 Å². The lowest BCUT2D eigenvalue weighted by Crippen LogP contribution is -2.48. The number of rotatable bonds is 7. The monoisotopic (exact) mass is 436 g/mol. The Balaban J connectivity index is 2.05. The number of halogens is 2. The largest absolute Gasteiger partial charge is 0.340 e. The minimum Gasteiger partial charge on any atom is -0.340 e. The van der Waals surface area contributed by atoms with E-state index < -0.39 is 22.8 Å². The molecule has 0 saturated carbocycles. The maximum absolute atomic E-state index is 12.4. The summed E-state index contributed by atoms with van der Waals surface area (Å²) in [5, 5.41) is 17.8. The fraction of sp³-hybridized carbons (Fsp3) is 0.211. The molecule has 0 aliphatic rings. The molecule has 0 bridgehead atoms. The second-order valence-electron chi connectivity index (χ2n) is 6.41. The van der Waals surface area contributed by atoms with Crippen molar-refractivity contribution in [2.24, 2.45) is 11.0 Å². The number of carbonyl (C=O) groups excluding carboxylic acids is 2. The number of nitro benzene ring substituents is 1. The van der Waals surface area contributed by atoms with E-state index in [0.717, 1.165) is 0 Å². The third kappa shape index (κ3) is 6.27. The zero-order valence-electron chi connectivity index (χ0n) is 15.6. The molecule has 0 aromatic heterocycles. The van der Waals surface area contributed by atoms with Crippen LogP contribution >= 0.6 is 23.2 Å². The molecule has 1 atom stereocenters. The number of hydrogen-bond donors (Lipinski definition) is 2. The zero-order valence-corrected chi connectivity index (χ0v) is 17.1. The molecule has 0 spiro atoms. The molecule has 152 valence electrons. The first-order valence-electron chi connectivity index (χ1n) is 8.52. The van der Waals surface area contributed by atoms with Crippen molar-refractivity contribution in [1.82, 2.24) is 10.7 Å². The van der Waals surface area contributed by atoms with E-state index >= 15 is 0 Å². The predicted octanol–water partition coefficient (Wildman–Crippen LogP) is 3.81. The molecule has 0 radical (unpaired) electrons. The van der Waals surface area contributed by atoms with E-state index in [0.29, 0.717) is 10.6 Å². The molecule has 2 amide bonds. The molecule has 2 aromatic rings. The molecule has 2 N–H and O–H groups in total. The first-order valence-corrected chi connectivity index (χ1v) is 9.28. The van der Waals surface area contributed by atoms with Gasteiger partial charge < -0.3 is 5.32 Å². The smallest absolute Gasteiger partial charge is 0.270 e. The van der Waals surface area contributed by atoms with Gasteiger partial charge in [0.2, 0.25) is 0 Å². The van der Waals surface area contributed by atoms with Crippen LogP contribution in [-0.2, 0) is 4.79 Å². The van der Waals surface area contributed by atoms with Gasteiger partial charge in [-0.05, 0) is 24.1 Å². The molecule has 0 fully saturated rings. The van der Waals surface area contributed by atoms with Crippen LogP contribution < -0.4 is 10.7 Å². The minimum absolute atomic E-state index is 0.0887. The summed E-state index contributed by atoms with van der Waals surface area (Å²) in [5.41, 5.74) is 2.96. The lowest BCUT2D eigenvalue weighted by molar-refractivity contribution is -0.384. The van der Waals surface area contributed by atoms with Gasteiger partial charge in [-0.25, -0.2) is 5.43 Å². The van der Waals surface area contributed by atoms with Gasteiger partial charge in [0.25, 0.3) is 17.5 Å². The number of hydrazone groups is 1. The summed E-state index contributed by atoms with van der Waals surface area (Å²) in [7, 11) is 0. The van der Waals surface area contributed by atoms with Crippen LogP contribution in [0.3, 0.4) is 0 Å². The first kappa shape index (κ1) is 22.3. The van der Waals surface area contributed by atoms with E-state index in [2.05, 4.69) is 15.8 Å². The Bertz CT molecular complexity index is 963. The van der Waals surface area contributed by atoms with Gasteiger partial charge in [-0.3, -0.25) is 19.7 Å². The van der Waals surface area contributed by atoms with Gasteiger partial charge in [0.05, 0.1) is 21.2 Å². The summed E-state index contributed by atoms with van der Waals surface area (Å²) in [5.74, 6) is -1.25. The number of amides is 2. The Morgan fingerprint density at radius 3 is 2.48 bits per heavy atom. The van der Waals surface area contributed by atoms with E-state index in [-0.39, 0.29) is 22.2 Å². The lowest BCUT2D eigenvalue weighted by Gasteiger charge is -2.20. The molecular formula is C19H18Cl2N4O4. The van der Waals surface area contributed by atoms with Crippen molar-refractivity contribution >= 4 is 46.9 Å². The van der Waals surface area contributed by atoms with E-state index in [4.69, 9.17) is 23.2 Å². The Kier molecular flexibility index (Phi) is 7.69. The lowest BCUT2D eigenvalue weighted by atomic mass is 10.0. The van der Waals surface area contributed by atoms with E-state index in [9.17, 15) is 19.7 Å². The molecule has 2 rings (SSSR count). The highest BCUT2D eigenvalue weighted by Crippen LogP contribution is 2.22. The summed E-state index contributed by atoms with van der Waals surface area (Å²) in [4.78, 5) is 35.1. The van der Waals surface area contributed by atoms with Crippen LogP contribution in [0.25, 0.3) is 0 Å². The van der Waals surface area contributed by atoms with Crippen molar-refractivity contribution in [3.8, 4) is 0 Å². The maximum Gasteiger partial charge on any atom is 0.270 e. The zero-order chi connectivity index (χ0) is 21.6. The van der Waals surface area contributed by atoms with Crippen LogP contribution in [0.1, 0.15) is 29.8 Å². The standard InChI is InChI=1S/C19H18Cl2N4O4/c1-11(2)17(23-18(26)13-6-7-15(20)16(21)9-13)19(27)24-22-10-12-4-3-5-14(8-12)25(28)29/h3-11,17H,1-2H3,(H,23,26)(H,24,27)/b22-10+. The highest BCUT2D eigenvalue weighted by molar-refractivity contribution is 6.42. The Labute approximate surface area is 177 Å². The second-order valence-corrected chi connectivity index (χ2v) is 7.22. The van der Waals surface area contributed by atoms with Crippen molar-refractivity contribution in [3.63, 3.8) is 0 Å². The van der Waals surface area contributed by atoms with Gasteiger partial charge in [0.1, 0.15) is 6.04 Å². The van der Waals surface area contributed by atoms with Crippen molar-refractivity contribution in [1.29, 1.82) is 0 Å². The number of carbonyl (C=O) groups is 2. The number of nitro groups is 1. The third-order valence-corrected chi connectivity index (χ3v) is 4.63. The van der Waals surface area contributed by atoms with Crippen LogP contribution in [0.5, 0.6) is 0 Å². The maximum atomic E-state index is 12.4. The van der Waals surface area contributed by atoms with Crippen molar-refractivity contribution in [2.75, 3.05) is 0 Å². The molecule has 1 unspecified atom stereocenters.